The van der Waals surface area contributed by atoms with Crippen LogP contribution in [-0.4, -0.2) is 31.2 Å². The van der Waals surface area contributed by atoms with Gasteiger partial charge in [0.25, 0.3) is 0 Å². The van der Waals surface area contributed by atoms with Gasteiger partial charge in [0.05, 0.1) is 29.5 Å². The molecule has 5 nitrogen and oxygen atoms in total. The zero-order valence-electron chi connectivity index (χ0n) is 20.6. The van der Waals surface area contributed by atoms with Crippen LogP contribution in [0.1, 0.15) is 84.1 Å². The summed E-state index contributed by atoms with van der Waals surface area (Å²) in [7, 11) is 0. The lowest BCUT2D eigenvalue weighted by atomic mass is 9.43. The number of fused-ring (bicyclic) bond motifs is 6. The Morgan fingerprint density at radius 1 is 1.09 bits per heavy atom. The molecule has 5 saturated carbocycles. The molecule has 0 aliphatic heterocycles. The molecule has 180 valence electrons. The van der Waals surface area contributed by atoms with Crippen LogP contribution < -0.4 is 0 Å². The zero-order valence-corrected chi connectivity index (χ0v) is 20.6. The molecule has 1 aromatic heterocycles. The highest BCUT2D eigenvalue weighted by atomic mass is 16.3. The highest BCUT2D eigenvalue weighted by Gasteiger charge is 2.66. The topological polar surface area (TPSA) is 82.1 Å². The second-order valence-corrected chi connectivity index (χ2v) is 13.5. The van der Waals surface area contributed by atoms with Gasteiger partial charge in [-0.2, -0.15) is 10.4 Å². The Kier molecular flexibility index (Phi) is 4.90. The van der Waals surface area contributed by atoms with Crippen molar-refractivity contribution in [2.45, 2.75) is 96.3 Å². The highest BCUT2D eigenvalue weighted by Crippen LogP contribution is 2.71. The molecule has 5 aliphatic rings. The second-order valence-electron chi connectivity index (χ2n) is 13.5. The molecule has 0 unspecified atom stereocenters. The maximum absolute atomic E-state index is 11.9. The maximum Gasteiger partial charge on any atom is 0.102 e. The quantitative estimate of drug-likeness (QED) is 0.693. The normalized spacial score (nSPS) is 50.1. The molecular formula is C28H41N3O2. The number of aliphatic hydroxyl groups is 2. The summed E-state index contributed by atoms with van der Waals surface area (Å²) < 4.78 is 1.79. The van der Waals surface area contributed by atoms with Crippen molar-refractivity contribution in [2.75, 3.05) is 0 Å². The molecule has 0 spiro atoms. The van der Waals surface area contributed by atoms with Gasteiger partial charge >= 0.3 is 0 Å². The van der Waals surface area contributed by atoms with Crippen LogP contribution in [0.3, 0.4) is 0 Å². The maximum atomic E-state index is 11.9. The van der Waals surface area contributed by atoms with Crippen molar-refractivity contribution in [3.8, 4) is 6.07 Å². The van der Waals surface area contributed by atoms with Crippen molar-refractivity contribution in [1.29, 1.82) is 5.26 Å². The molecule has 0 aromatic carbocycles. The van der Waals surface area contributed by atoms with Crippen molar-refractivity contribution < 1.29 is 10.2 Å². The van der Waals surface area contributed by atoms with Crippen LogP contribution in [-0.2, 0) is 6.54 Å². The van der Waals surface area contributed by atoms with Crippen molar-refractivity contribution in [2.24, 2.45) is 52.8 Å². The number of nitriles is 1. The molecule has 0 saturated heterocycles. The van der Waals surface area contributed by atoms with E-state index in [2.05, 4.69) is 18.1 Å². The van der Waals surface area contributed by atoms with Gasteiger partial charge in [-0.05, 0) is 124 Å². The minimum absolute atomic E-state index is 0.181. The molecule has 1 heterocycles. The Labute approximate surface area is 198 Å². The third kappa shape index (κ3) is 3.50. The fraction of sp³-hybridized carbons (Fsp3) is 0.857. The van der Waals surface area contributed by atoms with Crippen molar-refractivity contribution in [3.05, 3.63) is 18.0 Å². The SMILES string of the molecule is C[C@@]1(O)CC[C@H]2[C@H](CC[C@@H]3[C@@H]2CC[C@@]2(C)[C@H]3C[C@H]3C[C@H]3[C@@H]2[C@](C)(O)Cn2cc(C#N)cn2)C1. The number of hydrogen-bond donors (Lipinski definition) is 2. The van der Waals surface area contributed by atoms with E-state index in [0.717, 1.165) is 36.5 Å². The molecule has 5 aliphatic carbocycles. The van der Waals surface area contributed by atoms with Gasteiger partial charge in [-0.1, -0.05) is 6.92 Å². The average Bonchev–Trinajstić information content (AvgIpc) is 3.36. The molecule has 0 bridgehead atoms. The predicted molar refractivity (Wildman–Crippen MR) is 126 cm³/mol. The minimum Gasteiger partial charge on any atom is -0.390 e. The summed E-state index contributed by atoms with van der Waals surface area (Å²) in [4.78, 5) is 0. The summed E-state index contributed by atoms with van der Waals surface area (Å²) in [6, 6.07) is 2.16. The first-order valence-corrected chi connectivity index (χ1v) is 13.5. The van der Waals surface area contributed by atoms with Crippen molar-refractivity contribution in [1.82, 2.24) is 9.78 Å². The standard InChI is InChI=1S/C28H41N3O2/c1-26(32)8-6-20-18(12-26)4-5-22-21(20)7-9-27(2)24(22)11-19-10-23(19)25(27)28(3,33)16-31-15-17(13-29)14-30-31/h14-15,18-25,32-33H,4-12,16H2,1-3H3/t18-,19-,20+,21-,22-,23-,24+,25+,26-,27+,28-/m1/s1. The van der Waals surface area contributed by atoms with Crippen LogP contribution in [0.2, 0.25) is 0 Å². The van der Waals surface area contributed by atoms with Gasteiger partial charge in [0.15, 0.2) is 0 Å². The van der Waals surface area contributed by atoms with Crippen LogP contribution in [0, 0.1) is 64.1 Å². The highest BCUT2D eigenvalue weighted by molar-refractivity contribution is 5.22. The Morgan fingerprint density at radius 2 is 1.88 bits per heavy atom. The van der Waals surface area contributed by atoms with E-state index < -0.39 is 11.2 Å². The Bertz CT molecular complexity index is 961. The average molecular weight is 452 g/mol. The Hall–Kier alpha value is -1.38. The predicted octanol–water partition coefficient (Wildman–Crippen LogP) is 4.77. The minimum atomic E-state index is -0.820. The van der Waals surface area contributed by atoms with Gasteiger partial charge in [-0.15, -0.1) is 0 Å². The van der Waals surface area contributed by atoms with E-state index in [4.69, 9.17) is 0 Å². The molecule has 5 fully saturated rings. The third-order valence-corrected chi connectivity index (χ3v) is 11.3. The van der Waals surface area contributed by atoms with E-state index in [9.17, 15) is 15.5 Å². The zero-order chi connectivity index (χ0) is 23.2. The molecule has 11 atom stereocenters. The molecule has 1 aromatic rings. The van der Waals surface area contributed by atoms with Crippen LogP contribution in [0.5, 0.6) is 0 Å². The van der Waals surface area contributed by atoms with E-state index in [1.54, 1.807) is 17.1 Å². The molecular weight excluding hydrogens is 410 g/mol. The summed E-state index contributed by atoms with van der Waals surface area (Å²) in [6.45, 7) is 7.08. The lowest BCUT2D eigenvalue weighted by Crippen LogP contribution is -2.59. The van der Waals surface area contributed by atoms with E-state index in [0.29, 0.717) is 35.8 Å². The molecule has 2 N–H and O–H groups in total. The van der Waals surface area contributed by atoms with Crippen molar-refractivity contribution >= 4 is 0 Å². The van der Waals surface area contributed by atoms with E-state index in [-0.39, 0.29) is 5.41 Å². The first kappa shape index (κ1) is 22.1. The van der Waals surface area contributed by atoms with Crippen LogP contribution in [0.15, 0.2) is 12.4 Å². The summed E-state index contributed by atoms with van der Waals surface area (Å²) in [5.74, 6) is 5.58. The first-order valence-electron chi connectivity index (χ1n) is 13.5. The number of hydrogen-bond acceptors (Lipinski definition) is 4. The monoisotopic (exact) mass is 451 g/mol. The van der Waals surface area contributed by atoms with Crippen LogP contribution >= 0.6 is 0 Å². The summed E-state index contributed by atoms with van der Waals surface area (Å²) >= 11 is 0. The van der Waals surface area contributed by atoms with Gasteiger partial charge in [-0.3, -0.25) is 4.68 Å². The van der Waals surface area contributed by atoms with Crippen LogP contribution in [0.25, 0.3) is 0 Å². The Balaban J connectivity index is 1.26. The van der Waals surface area contributed by atoms with E-state index in [1.165, 1.54) is 44.9 Å². The fourth-order valence-corrected chi connectivity index (χ4v) is 10.1. The number of nitrogens with zero attached hydrogens (tertiary/aromatic N) is 3. The molecule has 6 rings (SSSR count). The van der Waals surface area contributed by atoms with E-state index >= 15 is 0 Å². The Morgan fingerprint density at radius 3 is 2.64 bits per heavy atom. The molecule has 33 heavy (non-hydrogen) atoms. The molecule has 0 amide bonds. The van der Waals surface area contributed by atoms with Gasteiger partial charge in [0.2, 0.25) is 0 Å². The van der Waals surface area contributed by atoms with Gasteiger partial charge in [0.1, 0.15) is 6.07 Å². The number of rotatable bonds is 3. The van der Waals surface area contributed by atoms with Crippen molar-refractivity contribution in [3.63, 3.8) is 0 Å². The first-order chi connectivity index (χ1) is 15.6. The summed E-state index contributed by atoms with van der Waals surface area (Å²) in [6.07, 6.45) is 14.3. The lowest BCUT2D eigenvalue weighted by Gasteiger charge is -2.62. The summed E-state index contributed by atoms with van der Waals surface area (Å²) in [5.41, 5.74) is -0.531. The number of aromatic nitrogens is 2. The second kappa shape index (κ2) is 7.31. The van der Waals surface area contributed by atoms with Gasteiger partial charge in [-0.25, -0.2) is 0 Å². The fourth-order valence-electron chi connectivity index (χ4n) is 10.1. The smallest absolute Gasteiger partial charge is 0.102 e. The van der Waals surface area contributed by atoms with Gasteiger partial charge in [0, 0.05) is 6.20 Å². The summed E-state index contributed by atoms with van der Waals surface area (Å²) in [5, 5.41) is 36.2. The van der Waals surface area contributed by atoms with Gasteiger partial charge < -0.3 is 10.2 Å². The molecule has 0 radical (unpaired) electrons. The van der Waals surface area contributed by atoms with Crippen LogP contribution in [0.4, 0.5) is 0 Å². The lowest BCUT2D eigenvalue weighted by molar-refractivity contribution is -0.174. The molecule has 5 heteroatoms. The van der Waals surface area contributed by atoms with E-state index in [1.807, 2.05) is 13.8 Å². The third-order valence-electron chi connectivity index (χ3n) is 11.3. The largest absolute Gasteiger partial charge is 0.390 e.